The summed E-state index contributed by atoms with van der Waals surface area (Å²) in [6.07, 6.45) is 2.78. The Morgan fingerprint density at radius 3 is 2.31 bits per heavy atom. The van der Waals surface area contributed by atoms with Gasteiger partial charge in [-0.2, -0.15) is 13.4 Å². The van der Waals surface area contributed by atoms with Crippen molar-refractivity contribution < 1.29 is 32.5 Å². The molecule has 0 bridgehead atoms. The van der Waals surface area contributed by atoms with E-state index < -0.39 is 16.0 Å². The fourth-order valence-corrected chi connectivity index (χ4v) is 4.43. The first-order valence-corrected chi connectivity index (χ1v) is 13.1. The number of nitrogens with zero attached hydrogens (tertiary/aromatic N) is 4. The van der Waals surface area contributed by atoms with E-state index >= 15 is 0 Å². The van der Waals surface area contributed by atoms with E-state index in [1.165, 1.54) is 44.8 Å². The molecule has 0 saturated carbocycles. The van der Waals surface area contributed by atoms with E-state index in [4.69, 9.17) is 14.2 Å². The highest BCUT2D eigenvalue weighted by Crippen LogP contribution is 2.41. The standard InChI is InChI=1S/C26H25N5O7S/c1-15(2)16-11-12-20(28-14-16)39(34,35)31-24-22(38-19-10-6-5-9-18(19)36-3)25(37-4)30-23(29-24)17-8-7-13-27-21(17)26(32)33/h5-15H,1-4H3,(H,32,33)(H,29,30,31). The predicted molar refractivity (Wildman–Crippen MR) is 141 cm³/mol. The zero-order chi connectivity index (χ0) is 28.2. The number of hydrogen-bond donors (Lipinski definition) is 2. The van der Waals surface area contributed by atoms with Crippen LogP contribution in [0.4, 0.5) is 5.82 Å². The molecular formula is C26H25N5O7S. The number of methoxy groups -OCH3 is 2. The highest BCUT2D eigenvalue weighted by atomic mass is 32.2. The van der Waals surface area contributed by atoms with E-state index in [0.29, 0.717) is 5.75 Å². The number of aromatic carboxylic acids is 1. The lowest BCUT2D eigenvalue weighted by Crippen LogP contribution is -2.17. The van der Waals surface area contributed by atoms with Crippen LogP contribution in [0.15, 0.2) is 66.0 Å². The maximum Gasteiger partial charge on any atom is 0.355 e. The van der Waals surface area contributed by atoms with E-state index in [1.807, 2.05) is 13.8 Å². The topological polar surface area (TPSA) is 163 Å². The molecule has 0 atom stereocenters. The average Bonchev–Trinajstić information content (AvgIpc) is 2.93. The molecule has 3 aromatic heterocycles. The summed E-state index contributed by atoms with van der Waals surface area (Å²) in [6, 6.07) is 12.7. The second-order valence-electron chi connectivity index (χ2n) is 8.38. The lowest BCUT2D eigenvalue weighted by molar-refractivity contribution is 0.0691. The molecule has 1 aromatic carbocycles. The second kappa shape index (κ2) is 11.3. The summed E-state index contributed by atoms with van der Waals surface area (Å²) >= 11 is 0. The van der Waals surface area contributed by atoms with Crippen molar-refractivity contribution >= 4 is 21.8 Å². The summed E-state index contributed by atoms with van der Waals surface area (Å²) < 4.78 is 45.9. The van der Waals surface area contributed by atoms with Crippen LogP contribution in [0.5, 0.6) is 23.1 Å². The van der Waals surface area contributed by atoms with Crippen LogP contribution < -0.4 is 18.9 Å². The SMILES string of the molecule is COc1ccccc1Oc1c(NS(=O)(=O)c2ccc(C(C)C)cn2)nc(-c2cccnc2C(=O)O)nc1OC. The summed E-state index contributed by atoms with van der Waals surface area (Å²) in [5.41, 5.74) is 0.558. The smallest absolute Gasteiger partial charge is 0.355 e. The number of benzene rings is 1. The number of carbonyl (C=O) groups is 1. The molecule has 0 fully saturated rings. The fraction of sp³-hybridized carbons (Fsp3) is 0.192. The van der Waals surface area contributed by atoms with Gasteiger partial charge in [-0.1, -0.05) is 32.0 Å². The summed E-state index contributed by atoms with van der Waals surface area (Å²) in [7, 11) is -1.54. The molecule has 4 rings (SSSR count). The second-order valence-corrected chi connectivity index (χ2v) is 10.0. The number of aromatic nitrogens is 4. The first kappa shape index (κ1) is 27.3. The van der Waals surface area contributed by atoms with Gasteiger partial charge in [-0.25, -0.2) is 19.7 Å². The van der Waals surface area contributed by atoms with Crippen molar-refractivity contribution in [2.75, 3.05) is 18.9 Å². The van der Waals surface area contributed by atoms with Crippen molar-refractivity contribution in [2.45, 2.75) is 24.8 Å². The van der Waals surface area contributed by atoms with E-state index in [-0.39, 0.29) is 51.2 Å². The zero-order valence-electron chi connectivity index (χ0n) is 21.4. The van der Waals surface area contributed by atoms with Crippen LogP contribution in [0, 0.1) is 0 Å². The summed E-state index contributed by atoms with van der Waals surface area (Å²) in [4.78, 5) is 28.4. The number of nitrogens with one attached hydrogen (secondary N) is 1. The van der Waals surface area contributed by atoms with Crippen molar-refractivity contribution in [1.29, 1.82) is 0 Å². The molecule has 0 aliphatic heterocycles. The Balaban J connectivity index is 1.89. The molecular weight excluding hydrogens is 526 g/mol. The van der Waals surface area contributed by atoms with Gasteiger partial charge in [0.15, 0.2) is 33.9 Å². The van der Waals surface area contributed by atoms with Gasteiger partial charge in [-0.15, -0.1) is 0 Å². The molecule has 0 spiro atoms. The Bertz CT molecular complexity index is 1610. The number of hydrogen-bond acceptors (Lipinski definition) is 10. The van der Waals surface area contributed by atoms with Crippen molar-refractivity contribution in [3.63, 3.8) is 0 Å². The maximum absolute atomic E-state index is 13.4. The molecule has 3 heterocycles. The molecule has 2 N–H and O–H groups in total. The molecule has 13 heteroatoms. The zero-order valence-corrected chi connectivity index (χ0v) is 22.3. The number of sulfonamides is 1. The number of ether oxygens (including phenoxy) is 3. The van der Waals surface area contributed by atoms with Gasteiger partial charge in [0.05, 0.1) is 19.8 Å². The van der Waals surface area contributed by atoms with Crippen molar-refractivity contribution in [3.05, 3.63) is 72.2 Å². The van der Waals surface area contributed by atoms with Gasteiger partial charge in [0.25, 0.3) is 15.9 Å². The molecule has 39 heavy (non-hydrogen) atoms. The number of para-hydroxylation sites is 2. The van der Waals surface area contributed by atoms with Gasteiger partial charge >= 0.3 is 5.97 Å². The third kappa shape index (κ3) is 5.88. The van der Waals surface area contributed by atoms with E-state index in [1.54, 1.807) is 30.3 Å². The molecule has 0 amide bonds. The van der Waals surface area contributed by atoms with E-state index in [2.05, 4.69) is 24.7 Å². The minimum Gasteiger partial charge on any atom is -0.493 e. The molecule has 4 aromatic rings. The van der Waals surface area contributed by atoms with Gasteiger partial charge in [-0.05, 0) is 41.8 Å². The highest BCUT2D eigenvalue weighted by Gasteiger charge is 2.27. The van der Waals surface area contributed by atoms with Crippen LogP contribution >= 0.6 is 0 Å². The van der Waals surface area contributed by atoms with Crippen LogP contribution in [-0.4, -0.2) is 53.6 Å². The maximum atomic E-state index is 13.4. The van der Waals surface area contributed by atoms with E-state index in [0.717, 1.165) is 5.56 Å². The number of carboxylic acid groups (broad SMARTS) is 1. The fourth-order valence-electron chi connectivity index (χ4n) is 3.49. The van der Waals surface area contributed by atoms with Crippen molar-refractivity contribution in [2.24, 2.45) is 0 Å². The summed E-state index contributed by atoms with van der Waals surface area (Å²) in [6.45, 7) is 3.92. The lowest BCUT2D eigenvalue weighted by atomic mass is 10.1. The first-order chi connectivity index (χ1) is 18.6. The quantitative estimate of drug-likeness (QED) is 0.288. The lowest BCUT2D eigenvalue weighted by Gasteiger charge is -2.17. The molecule has 202 valence electrons. The number of rotatable bonds is 10. The number of pyridine rings is 2. The van der Waals surface area contributed by atoms with Crippen LogP contribution in [0.2, 0.25) is 0 Å². The Kier molecular flexibility index (Phi) is 7.91. The molecule has 12 nitrogen and oxygen atoms in total. The van der Waals surface area contributed by atoms with Crippen molar-refractivity contribution in [1.82, 2.24) is 19.9 Å². The minimum absolute atomic E-state index is 0.0343. The Labute approximate surface area is 224 Å². The molecule has 0 aliphatic rings. The van der Waals surface area contributed by atoms with E-state index in [9.17, 15) is 18.3 Å². The Hall–Kier alpha value is -4.78. The van der Waals surface area contributed by atoms with Gasteiger partial charge in [0.2, 0.25) is 5.75 Å². The Morgan fingerprint density at radius 1 is 0.949 bits per heavy atom. The highest BCUT2D eigenvalue weighted by molar-refractivity contribution is 7.92. The number of anilines is 1. The van der Waals surface area contributed by atoms with Crippen LogP contribution in [-0.2, 0) is 10.0 Å². The third-order valence-corrected chi connectivity index (χ3v) is 6.75. The molecule has 0 radical (unpaired) electrons. The average molecular weight is 552 g/mol. The summed E-state index contributed by atoms with van der Waals surface area (Å²) in [5.74, 6) is -1.44. The van der Waals surface area contributed by atoms with Crippen molar-refractivity contribution in [3.8, 4) is 34.5 Å². The molecule has 0 unspecified atom stereocenters. The normalized spacial score (nSPS) is 11.2. The van der Waals surface area contributed by atoms with Gasteiger partial charge in [0, 0.05) is 12.4 Å². The van der Waals surface area contributed by atoms with Crippen LogP contribution in [0.1, 0.15) is 35.8 Å². The number of carboxylic acids is 1. The molecule has 0 aliphatic carbocycles. The van der Waals surface area contributed by atoms with Gasteiger partial charge < -0.3 is 19.3 Å². The Morgan fingerprint density at radius 2 is 1.69 bits per heavy atom. The summed E-state index contributed by atoms with van der Waals surface area (Å²) in [5, 5.41) is 9.36. The largest absolute Gasteiger partial charge is 0.493 e. The van der Waals surface area contributed by atoms with Crippen LogP contribution in [0.3, 0.4) is 0 Å². The van der Waals surface area contributed by atoms with Gasteiger partial charge in [-0.3, -0.25) is 4.72 Å². The predicted octanol–water partition coefficient (Wildman–Crippen LogP) is 4.37. The minimum atomic E-state index is -4.29. The van der Waals surface area contributed by atoms with Crippen LogP contribution in [0.25, 0.3) is 11.4 Å². The molecule has 0 saturated heterocycles. The van der Waals surface area contributed by atoms with Gasteiger partial charge in [0.1, 0.15) is 0 Å². The first-order valence-electron chi connectivity index (χ1n) is 11.6. The third-order valence-electron chi connectivity index (χ3n) is 5.49. The monoisotopic (exact) mass is 551 g/mol.